The molecule has 0 aliphatic carbocycles. The van der Waals surface area contributed by atoms with Gasteiger partial charge in [0.05, 0.1) is 0 Å². The Bertz CT molecular complexity index is 646. The van der Waals surface area contributed by atoms with Crippen molar-refractivity contribution in [3.05, 3.63) is 47.8 Å². The van der Waals surface area contributed by atoms with Crippen LogP contribution in [0.25, 0.3) is 0 Å². The summed E-state index contributed by atoms with van der Waals surface area (Å²) in [5.41, 5.74) is 3.31. The van der Waals surface area contributed by atoms with E-state index in [0.29, 0.717) is 5.92 Å². The number of nitrogens with zero attached hydrogens (tertiary/aromatic N) is 2. The number of nitrogens with one attached hydrogen (secondary N) is 1. The highest BCUT2D eigenvalue weighted by Crippen LogP contribution is 2.29. The molecule has 1 aromatic heterocycles. The van der Waals surface area contributed by atoms with E-state index in [1.165, 1.54) is 12.8 Å². The molecular formula is C19H25N3O. The summed E-state index contributed by atoms with van der Waals surface area (Å²) in [4.78, 5) is 6.79. The largest absolute Gasteiger partial charge is 0.457 e. The quantitative estimate of drug-likeness (QED) is 0.934. The lowest BCUT2D eigenvalue weighted by atomic mass is 9.95. The lowest BCUT2D eigenvalue weighted by molar-refractivity contribution is 0.447. The number of aryl methyl sites for hydroxylation is 1. The molecule has 2 heterocycles. The number of hydrogen-bond acceptors (Lipinski definition) is 4. The Morgan fingerprint density at radius 3 is 2.57 bits per heavy atom. The molecule has 1 fully saturated rings. The Hall–Kier alpha value is -2.07. The average molecular weight is 311 g/mol. The minimum Gasteiger partial charge on any atom is -0.457 e. The topological polar surface area (TPSA) is 37.4 Å². The second-order valence-corrected chi connectivity index (χ2v) is 6.40. The monoisotopic (exact) mass is 311 g/mol. The van der Waals surface area contributed by atoms with Gasteiger partial charge >= 0.3 is 0 Å². The van der Waals surface area contributed by atoms with Gasteiger partial charge in [-0.25, -0.2) is 0 Å². The molecule has 2 aromatic rings. The van der Waals surface area contributed by atoms with Gasteiger partial charge in [-0.15, -0.1) is 0 Å². The summed E-state index contributed by atoms with van der Waals surface area (Å²) in [7, 11) is 4.07. The molecule has 0 bridgehead atoms. The third-order valence-electron chi connectivity index (χ3n) is 4.25. The molecule has 4 heteroatoms. The zero-order valence-electron chi connectivity index (χ0n) is 14.2. The SMILES string of the molecule is Cc1cc(Oc2ccc(N(C)C)cc2)cc(C2CCCNC2)n1. The Balaban J connectivity index is 1.78. The van der Waals surface area contributed by atoms with Gasteiger partial charge in [-0.05, 0) is 50.6 Å². The fourth-order valence-electron chi connectivity index (χ4n) is 2.98. The molecule has 23 heavy (non-hydrogen) atoms. The number of piperidine rings is 1. The van der Waals surface area contributed by atoms with E-state index in [9.17, 15) is 0 Å². The first-order valence-electron chi connectivity index (χ1n) is 8.26. The van der Waals surface area contributed by atoms with Crippen LogP contribution in [-0.4, -0.2) is 32.2 Å². The van der Waals surface area contributed by atoms with Crippen molar-refractivity contribution in [2.75, 3.05) is 32.1 Å². The number of pyridine rings is 1. The van der Waals surface area contributed by atoms with Crippen LogP contribution in [0, 0.1) is 6.92 Å². The molecule has 1 N–H and O–H groups in total. The summed E-state index contributed by atoms with van der Waals surface area (Å²) in [6.45, 7) is 4.15. The zero-order chi connectivity index (χ0) is 16.2. The van der Waals surface area contributed by atoms with Crippen LogP contribution < -0.4 is 15.0 Å². The van der Waals surface area contributed by atoms with E-state index in [0.717, 1.165) is 41.7 Å². The van der Waals surface area contributed by atoms with Crippen molar-refractivity contribution in [3.63, 3.8) is 0 Å². The third-order valence-corrected chi connectivity index (χ3v) is 4.25. The molecule has 1 aliphatic rings. The molecule has 3 rings (SSSR count). The van der Waals surface area contributed by atoms with Gasteiger partial charge in [0.15, 0.2) is 0 Å². The Morgan fingerprint density at radius 1 is 1.13 bits per heavy atom. The molecule has 0 radical (unpaired) electrons. The number of ether oxygens (including phenoxy) is 1. The highest BCUT2D eigenvalue weighted by molar-refractivity contribution is 5.48. The number of benzene rings is 1. The first kappa shape index (κ1) is 15.8. The molecule has 0 spiro atoms. The molecule has 1 atom stereocenters. The predicted molar refractivity (Wildman–Crippen MR) is 94.7 cm³/mol. The van der Waals surface area contributed by atoms with Crippen LogP contribution in [0.1, 0.15) is 30.1 Å². The summed E-state index contributed by atoms with van der Waals surface area (Å²) < 4.78 is 6.05. The average Bonchev–Trinajstić information content (AvgIpc) is 2.55. The van der Waals surface area contributed by atoms with E-state index >= 15 is 0 Å². The summed E-state index contributed by atoms with van der Waals surface area (Å²) >= 11 is 0. The third kappa shape index (κ3) is 4.02. The minimum absolute atomic E-state index is 0.488. The Labute approximate surface area is 138 Å². The molecule has 1 unspecified atom stereocenters. The van der Waals surface area contributed by atoms with Crippen molar-refractivity contribution in [3.8, 4) is 11.5 Å². The fraction of sp³-hybridized carbons (Fsp3) is 0.421. The van der Waals surface area contributed by atoms with Crippen molar-refractivity contribution in [2.45, 2.75) is 25.7 Å². The highest BCUT2D eigenvalue weighted by Gasteiger charge is 2.17. The lowest BCUT2D eigenvalue weighted by Gasteiger charge is -2.23. The molecular weight excluding hydrogens is 286 g/mol. The molecule has 4 nitrogen and oxygen atoms in total. The first-order chi connectivity index (χ1) is 11.1. The van der Waals surface area contributed by atoms with Crippen LogP contribution in [0.3, 0.4) is 0 Å². The zero-order valence-corrected chi connectivity index (χ0v) is 14.2. The van der Waals surface area contributed by atoms with Gasteiger partial charge in [-0.1, -0.05) is 0 Å². The second-order valence-electron chi connectivity index (χ2n) is 6.40. The predicted octanol–water partition coefficient (Wildman–Crippen LogP) is 3.72. The maximum atomic E-state index is 6.05. The van der Waals surface area contributed by atoms with E-state index in [1.807, 2.05) is 39.2 Å². The van der Waals surface area contributed by atoms with Crippen LogP contribution >= 0.6 is 0 Å². The van der Waals surface area contributed by atoms with Crippen LogP contribution in [0.15, 0.2) is 36.4 Å². The molecule has 1 saturated heterocycles. The standard InChI is InChI=1S/C19H25N3O/c1-14-11-18(12-19(21-14)15-5-4-10-20-13-15)23-17-8-6-16(7-9-17)22(2)3/h6-9,11-12,15,20H,4-5,10,13H2,1-3H3. The summed E-state index contributed by atoms with van der Waals surface area (Å²) in [5, 5.41) is 3.45. The maximum absolute atomic E-state index is 6.05. The van der Waals surface area contributed by atoms with Gasteiger partial charge in [0.25, 0.3) is 0 Å². The summed E-state index contributed by atoms with van der Waals surface area (Å²) in [5.74, 6) is 2.21. The Morgan fingerprint density at radius 2 is 1.91 bits per heavy atom. The summed E-state index contributed by atoms with van der Waals surface area (Å²) in [6.07, 6.45) is 2.41. The van der Waals surface area contributed by atoms with Crippen molar-refractivity contribution in [1.82, 2.24) is 10.3 Å². The Kier molecular flexibility index (Phi) is 4.82. The lowest BCUT2D eigenvalue weighted by Crippen LogP contribution is -2.28. The van der Waals surface area contributed by atoms with Crippen LogP contribution in [0.2, 0.25) is 0 Å². The van der Waals surface area contributed by atoms with Gasteiger partial charge < -0.3 is 15.0 Å². The van der Waals surface area contributed by atoms with Gasteiger partial charge in [-0.3, -0.25) is 4.98 Å². The van der Waals surface area contributed by atoms with Crippen molar-refractivity contribution in [2.24, 2.45) is 0 Å². The van der Waals surface area contributed by atoms with Crippen LogP contribution in [0.5, 0.6) is 11.5 Å². The normalized spacial score (nSPS) is 17.8. The van der Waals surface area contributed by atoms with Crippen molar-refractivity contribution >= 4 is 5.69 Å². The molecule has 1 aromatic carbocycles. The fourth-order valence-corrected chi connectivity index (χ4v) is 2.98. The van der Waals surface area contributed by atoms with Crippen molar-refractivity contribution < 1.29 is 4.74 Å². The van der Waals surface area contributed by atoms with Gasteiger partial charge in [0.2, 0.25) is 0 Å². The highest BCUT2D eigenvalue weighted by atomic mass is 16.5. The number of rotatable bonds is 4. The maximum Gasteiger partial charge on any atom is 0.131 e. The van der Waals surface area contributed by atoms with E-state index in [2.05, 4.69) is 28.4 Å². The van der Waals surface area contributed by atoms with E-state index < -0.39 is 0 Å². The van der Waals surface area contributed by atoms with Gasteiger partial charge in [0.1, 0.15) is 11.5 Å². The van der Waals surface area contributed by atoms with Crippen LogP contribution in [-0.2, 0) is 0 Å². The van der Waals surface area contributed by atoms with Gasteiger partial charge in [0, 0.05) is 55.8 Å². The molecule has 0 saturated carbocycles. The minimum atomic E-state index is 0.488. The van der Waals surface area contributed by atoms with Crippen LogP contribution in [0.4, 0.5) is 5.69 Å². The van der Waals surface area contributed by atoms with Crippen molar-refractivity contribution in [1.29, 1.82) is 0 Å². The van der Waals surface area contributed by atoms with Gasteiger partial charge in [-0.2, -0.15) is 0 Å². The molecule has 0 amide bonds. The molecule has 122 valence electrons. The number of anilines is 1. The number of aromatic nitrogens is 1. The van der Waals surface area contributed by atoms with E-state index in [4.69, 9.17) is 9.72 Å². The number of hydrogen-bond donors (Lipinski definition) is 1. The summed E-state index contributed by atoms with van der Waals surface area (Å²) in [6, 6.07) is 12.2. The molecule has 1 aliphatic heterocycles. The van der Waals surface area contributed by atoms with E-state index in [-0.39, 0.29) is 0 Å². The van der Waals surface area contributed by atoms with E-state index in [1.54, 1.807) is 0 Å². The first-order valence-corrected chi connectivity index (χ1v) is 8.26. The second kappa shape index (κ2) is 7.01. The smallest absolute Gasteiger partial charge is 0.131 e.